The van der Waals surface area contributed by atoms with Gasteiger partial charge in [-0.3, -0.25) is 4.98 Å². The number of fused-ring (bicyclic) bond motifs is 1. The van der Waals surface area contributed by atoms with Crippen LogP contribution in [0.4, 0.5) is 0 Å². The van der Waals surface area contributed by atoms with Crippen molar-refractivity contribution in [1.82, 2.24) is 15.0 Å². The van der Waals surface area contributed by atoms with Crippen LogP contribution in [0.2, 0.25) is 5.04 Å². The van der Waals surface area contributed by atoms with Gasteiger partial charge < -0.3 is 4.43 Å². The van der Waals surface area contributed by atoms with Crippen molar-refractivity contribution in [2.45, 2.75) is 39.7 Å². The van der Waals surface area contributed by atoms with E-state index in [1.54, 1.807) is 23.7 Å². The van der Waals surface area contributed by atoms with Crippen LogP contribution in [0, 0.1) is 5.41 Å². The minimum atomic E-state index is 0.0730. The average molecular weight is 432 g/mol. The second-order valence-electron chi connectivity index (χ2n) is 8.87. The van der Waals surface area contributed by atoms with E-state index in [2.05, 4.69) is 45.0 Å². The molecule has 0 spiro atoms. The van der Waals surface area contributed by atoms with E-state index in [0.29, 0.717) is 15.6 Å². The first-order valence-electron chi connectivity index (χ1n) is 9.95. The standard InChI is InChI=1S/C24H25N3OSSi/c1-23(2,3)24(4,5)30-28-18-8-6-7-17(15-18)22-26-19-11-14-29-21(19)20(27-22)16-9-12-25-13-10-16/h6-15H,1-5H3. The monoisotopic (exact) mass is 431 g/mol. The molecule has 6 heteroatoms. The van der Waals surface area contributed by atoms with Crippen molar-refractivity contribution < 1.29 is 4.43 Å². The highest BCUT2D eigenvalue weighted by Crippen LogP contribution is 2.43. The molecule has 152 valence electrons. The molecule has 4 nitrogen and oxygen atoms in total. The van der Waals surface area contributed by atoms with Gasteiger partial charge in [-0.25, -0.2) is 9.97 Å². The fourth-order valence-corrected chi connectivity index (χ4v) is 4.39. The lowest BCUT2D eigenvalue weighted by Gasteiger charge is -2.36. The zero-order valence-corrected chi connectivity index (χ0v) is 19.7. The number of benzene rings is 1. The Labute approximate surface area is 184 Å². The lowest BCUT2D eigenvalue weighted by atomic mass is 9.82. The number of thiophene rings is 1. The highest BCUT2D eigenvalue weighted by Gasteiger charge is 2.35. The van der Waals surface area contributed by atoms with Crippen LogP contribution >= 0.6 is 11.3 Å². The van der Waals surface area contributed by atoms with E-state index in [1.807, 2.05) is 42.5 Å². The van der Waals surface area contributed by atoms with E-state index in [4.69, 9.17) is 14.4 Å². The number of hydrogen-bond donors (Lipinski definition) is 0. The minimum absolute atomic E-state index is 0.0730. The molecule has 0 aliphatic rings. The number of pyridine rings is 1. The molecule has 4 aromatic rings. The maximum atomic E-state index is 6.21. The molecule has 0 saturated heterocycles. The summed E-state index contributed by atoms with van der Waals surface area (Å²) in [5.74, 6) is 1.55. The molecular weight excluding hydrogens is 406 g/mol. The summed E-state index contributed by atoms with van der Waals surface area (Å²) in [6.45, 7) is 11.3. The zero-order valence-electron chi connectivity index (χ0n) is 17.9. The molecule has 1 aromatic carbocycles. The van der Waals surface area contributed by atoms with Gasteiger partial charge in [0.1, 0.15) is 5.75 Å². The molecule has 3 heterocycles. The Morgan fingerprint density at radius 2 is 1.67 bits per heavy atom. The third-order valence-electron chi connectivity index (χ3n) is 5.65. The van der Waals surface area contributed by atoms with E-state index in [1.165, 1.54) is 0 Å². The van der Waals surface area contributed by atoms with E-state index in [-0.39, 0.29) is 10.5 Å². The molecule has 2 radical (unpaired) electrons. The summed E-state index contributed by atoms with van der Waals surface area (Å²) in [6.07, 6.45) is 3.59. The number of aromatic nitrogens is 3. The van der Waals surface area contributed by atoms with Crippen molar-refractivity contribution in [1.29, 1.82) is 0 Å². The smallest absolute Gasteiger partial charge is 0.317 e. The van der Waals surface area contributed by atoms with Crippen molar-refractivity contribution >= 4 is 31.3 Å². The lowest BCUT2D eigenvalue weighted by Crippen LogP contribution is -2.31. The van der Waals surface area contributed by atoms with E-state index in [0.717, 1.165) is 32.8 Å². The van der Waals surface area contributed by atoms with Gasteiger partial charge in [0, 0.05) is 28.6 Å². The van der Waals surface area contributed by atoms with Gasteiger partial charge in [-0.2, -0.15) is 0 Å². The largest absolute Gasteiger partial charge is 0.540 e. The summed E-state index contributed by atoms with van der Waals surface area (Å²) in [5, 5.41) is 2.13. The molecule has 30 heavy (non-hydrogen) atoms. The predicted molar refractivity (Wildman–Crippen MR) is 126 cm³/mol. The van der Waals surface area contributed by atoms with Gasteiger partial charge in [0.05, 0.1) is 15.9 Å². The first-order chi connectivity index (χ1) is 14.2. The van der Waals surface area contributed by atoms with Gasteiger partial charge in [0.15, 0.2) is 5.82 Å². The predicted octanol–water partition coefficient (Wildman–Crippen LogP) is 6.66. The van der Waals surface area contributed by atoms with Crippen molar-refractivity contribution in [3.63, 3.8) is 0 Å². The Bertz CT molecular complexity index is 1170. The summed E-state index contributed by atoms with van der Waals surface area (Å²) in [6, 6.07) is 14.1. The number of nitrogens with zero attached hydrogens (tertiary/aromatic N) is 3. The van der Waals surface area contributed by atoms with Crippen LogP contribution in [0.5, 0.6) is 5.75 Å². The maximum Gasteiger partial charge on any atom is 0.317 e. The van der Waals surface area contributed by atoms with Gasteiger partial charge in [0.25, 0.3) is 0 Å². The van der Waals surface area contributed by atoms with E-state index < -0.39 is 0 Å². The second-order valence-corrected chi connectivity index (χ2v) is 11.4. The second kappa shape index (κ2) is 7.93. The summed E-state index contributed by atoms with van der Waals surface area (Å²) < 4.78 is 7.30. The number of hydrogen-bond acceptors (Lipinski definition) is 5. The highest BCUT2D eigenvalue weighted by atomic mass is 32.1. The first kappa shape index (κ1) is 20.7. The SMILES string of the molecule is CC(C)(C)C(C)(C)[Si]Oc1cccc(-c2nc(-c3ccncc3)c3sccc3n2)c1. The van der Waals surface area contributed by atoms with E-state index in [9.17, 15) is 0 Å². The molecule has 4 rings (SSSR count). The quantitative estimate of drug-likeness (QED) is 0.331. The molecule has 0 saturated carbocycles. The van der Waals surface area contributed by atoms with Crippen LogP contribution in [0.3, 0.4) is 0 Å². The fourth-order valence-electron chi connectivity index (χ4n) is 2.74. The Morgan fingerprint density at radius 1 is 0.900 bits per heavy atom. The zero-order chi connectivity index (χ0) is 21.4. The molecule has 0 N–H and O–H groups in total. The molecule has 0 bridgehead atoms. The third kappa shape index (κ3) is 4.15. The van der Waals surface area contributed by atoms with Crippen LogP contribution in [0.15, 0.2) is 60.2 Å². The van der Waals surface area contributed by atoms with Gasteiger partial charge in [0.2, 0.25) is 0 Å². The molecule has 0 aliphatic carbocycles. The van der Waals surface area contributed by atoms with Gasteiger partial charge in [-0.05, 0) is 41.1 Å². The number of rotatable bonds is 5. The van der Waals surface area contributed by atoms with Crippen LogP contribution in [0.25, 0.3) is 32.9 Å². The van der Waals surface area contributed by atoms with Crippen molar-refractivity contribution in [3.05, 3.63) is 60.2 Å². The minimum Gasteiger partial charge on any atom is -0.540 e. The van der Waals surface area contributed by atoms with Crippen molar-refractivity contribution in [2.75, 3.05) is 0 Å². The molecule has 0 fully saturated rings. The molecule has 0 aliphatic heterocycles. The average Bonchev–Trinajstić information content (AvgIpc) is 3.20. The molecule has 0 amide bonds. The molecular formula is C24H25N3OSSi. The Kier molecular flexibility index (Phi) is 5.47. The van der Waals surface area contributed by atoms with Crippen molar-refractivity contribution in [2.24, 2.45) is 5.41 Å². The maximum absolute atomic E-state index is 6.21. The van der Waals surface area contributed by atoms with Gasteiger partial charge in [-0.1, -0.05) is 46.8 Å². The summed E-state index contributed by atoms with van der Waals surface area (Å²) in [7, 11) is 0.360. The summed E-state index contributed by atoms with van der Waals surface area (Å²) >= 11 is 1.66. The molecule has 0 atom stereocenters. The van der Waals surface area contributed by atoms with Crippen LogP contribution in [-0.2, 0) is 0 Å². The Morgan fingerprint density at radius 3 is 2.40 bits per heavy atom. The van der Waals surface area contributed by atoms with Crippen LogP contribution in [-0.4, -0.2) is 24.7 Å². The molecule has 3 aromatic heterocycles. The van der Waals surface area contributed by atoms with Crippen molar-refractivity contribution in [3.8, 4) is 28.4 Å². The van der Waals surface area contributed by atoms with Crippen LogP contribution < -0.4 is 4.43 Å². The van der Waals surface area contributed by atoms with Gasteiger partial charge in [-0.15, -0.1) is 11.3 Å². The normalized spacial score (nSPS) is 12.3. The summed E-state index contributed by atoms with van der Waals surface area (Å²) in [4.78, 5) is 13.9. The Balaban J connectivity index is 1.69. The highest BCUT2D eigenvalue weighted by molar-refractivity contribution is 7.17. The van der Waals surface area contributed by atoms with Crippen LogP contribution in [0.1, 0.15) is 34.6 Å². The topological polar surface area (TPSA) is 47.9 Å². The summed E-state index contributed by atoms with van der Waals surface area (Å²) in [5.41, 5.74) is 4.06. The van der Waals surface area contributed by atoms with E-state index >= 15 is 0 Å². The lowest BCUT2D eigenvalue weighted by molar-refractivity contribution is 0.282. The molecule has 0 unspecified atom stereocenters. The van der Waals surface area contributed by atoms with Gasteiger partial charge >= 0.3 is 9.76 Å². The third-order valence-corrected chi connectivity index (χ3v) is 8.16. The Hall–Kier alpha value is -2.57. The fraction of sp³-hybridized carbons (Fsp3) is 0.292. The first-order valence-corrected chi connectivity index (χ1v) is 11.7.